The van der Waals surface area contributed by atoms with Crippen LogP contribution in [0, 0.1) is 5.92 Å². The second-order valence-electron chi connectivity index (χ2n) is 3.36. The second kappa shape index (κ2) is 3.56. The van der Waals surface area contributed by atoms with Crippen LogP contribution in [0.2, 0.25) is 0 Å². The number of hydrogen-bond donors (Lipinski definition) is 2. The number of nitrogens with one attached hydrogen (secondary N) is 1. The molecule has 12 heavy (non-hydrogen) atoms. The van der Waals surface area contributed by atoms with Crippen molar-refractivity contribution < 1.29 is 9.59 Å². The smallest absolute Gasteiger partial charge is 0.220 e. The molecule has 1 heterocycles. The summed E-state index contributed by atoms with van der Waals surface area (Å²) in [5.41, 5.74) is 5.00. The SMILES string of the molecule is CC1CC(=O)NC1CCC(N)=O. The largest absolute Gasteiger partial charge is 0.370 e. The summed E-state index contributed by atoms with van der Waals surface area (Å²) in [6.45, 7) is 2.00. The molecule has 1 aliphatic heterocycles. The van der Waals surface area contributed by atoms with E-state index in [-0.39, 0.29) is 17.9 Å². The molecule has 2 atom stereocenters. The van der Waals surface area contributed by atoms with Crippen molar-refractivity contribution in [2.75, 3.05) is 0 Å². The van der Waals surface area contributed by atoms with Crippen molar-refractivity contribution in [1.82, 2.24) is 5.32 Å². The molecule has 1 saturated heterocycles. The summed E-state index contributed by atoms with van der Waals surface area (Å²) in [5.74, 6) is 0.108. The van der Waals surface area contributed by atoms with E-state index in [1.165, 1.54) is 0 Å². The molecular weight excluding hydrogens is 156 g/mol. The summed E-state index contributed by atoms with van der Waals surface area (Å²) >= 11 is 0. The van der Waals surface area contributed by atoms with E-state index in [9.17, 15) is 9.59 Å². The molecule has 0 aromatic carbocycles. The van der Waals surface area contributed by atoms with Crippen LogP contribution in [-0.4, -0.2) is 17.9 Å². The first-order valence-electron chi connectivity index (χ1n) is 4.17. The van der Waals surface area contributed by atoms with Gasteiger partial charge in [-0.25, -0.2) is 0 Å². The fourth-order valence-electron chi connectivity index (χ4n) is 1.50. The Morgan fingerprint density at radius 1 is 1.75 bits per heavy atom. The summed E-state index contributed by atoms with van der Waals surface area (Å²) in [4.78, 5) is 21.3. The van der Waals surface area contributed by atoms with Gasteiger partial charge in [0, 0.05) is 18.9 Å². The van der Waals surface area contributed by atoms with Gasteiger partial charge in [-0.3, -0.25) is 9.59 Å². The lowest BCUT2D eigenvalue weighted by Crippen LogP contribution is -2.29. The molecule has 0 radical (unpaired) electrons. The Morgan fingerprint density at radius 2 is 2.42 bits per heavy atom. The number of amides is 2. The summed E-state index contributed by atoms with van der Waals surface area (Å²) < 4.78 is 0. The van der Waals surface area contributed by atoms with Gasteiger partial charge in [0.1, 0.15) is 0 Å². The molecule has 0 saturated carbocycles. The predicted octanol–water partition coefficient (Wildman–Crippen LogP) is -0.223. The maximum absolute atomic E-state index is 10.9. The summed E-state index contributed by atoms with van der Waals surface area (Å²) in [6.07, 6.45) is 1.60. The summed E-state index contributed by atoms with van der Waals surface area (Å²) in [5, 5.41) is 2.81. The lowest BCUT2D eigenvalue weighted by Gasteiger charge is -2.12. The number of rotatable bonds is 3. The minimum atomic E-state index is -0.302. The number of nitrogens with two attached hydrogens (primary N) is 1. The van der Waals surface area contributed by atoms with E-state index in [0.29, 0.717) is 25.2 Å². The molecule has 0 bridgehead atoms. The van der Waals surface area contributed by atoms with Crippen LogP contribution in [0.1, 0.15) is 26.2 Å². The molecule has 0 aliphatic carbocycles. The monoisotopic (exact) mass is 170 g/mol. The normalized spacial score (nSPS) is 28.6. The number of hydrogen-bond acceptors (Lipinski definition) is 2. The maximum Gasteiger partial charge on any atom is 0.220 e. The maximum atomic E-state index is 10.9. The van der Waals surface area contributed by atoms with Crippen molar-refractivity contribution in [3.8, 4) is 0 Å². The molecule has 2 amide bonds. The zero-order valence-electron chi connectivity index (χ0n) is 7.17. The van der Waals surface area contributed by atoms with Crippen LogP contribution in [0.4, 0.5) is 0 Å². The second-order valence-corrected chi connectivity index (χ2v) is 3.36. The molecule has 1 aliphatic rings. The molecule has 2 unspecified atom stereocenters. The van der Waals surface area contributed by atoms with Crippen LogP contribution in [0.3, 0.4) is 0 Å². The van der Waals surface area contributed by atoms with Crippen LogP contribution in [0.5, 0.6) is 0 Å². The standard InChI is InChI=1S/C8H14N2O2/c1-5-4-8(12)10-6(5)2-3-7(9)11/h5-6H,2-4H2,1H3,(H2,9,11)(H,10,12). The van der Waals surface area contributed by atoms with Crippen molar-refractivity contribution in [3.63, 3.8) is 0 Å². The van der Waals surface area contributed by atoms with Crippen molar-refractivity contribution in [2.45, 2.75) is 32.2 Å². The van der Waals surface area contributed by atoms with Gasteiger partial charge in [-0.1, -0.05) is 6.92 Å². The van der Waals surface area contributed by atoms with Crippen LogP contribution in [0.25, 0.3) is 0 Å². The van der Waals surface area contributed by atoms with Gasteiger partial charge in [0.25, 0.3) is 0 Å². The molecule has 4 nitrogen and oxygen atoms in total. The Kier molecular flexibility index (Phi) is 2.68. The number of carbonyl (C=O) groups excluding carboxylic acids is 2. The highest BCUT2D eigenvalue weighted by Gasteiger charge is 2.28. The van der Waals surface area contributed by atoms with Gasteiger partial charge in [0.05, 0.1) is 0 Å². The Bertz CT molecular complexity index is 203. The van der Waals surface area contributed by atoms with Crippen LogP contribution in [-0.2, 0) is 9.59 Å². The van der Waals surface area contributed by atoms with Gasteiger partial charge in [-0.2, -0.15) is 0 Å². The van der Waals surface area contributed by atoms with Gasteiger partial charge in [-0.05, 0) is 12.3 Å². The highest BCUT2D eigenvalue weighted by molar-refractivity contribution is 5.79. The quantitative estimate of drug-likeness (QED) is 0.614. The zero-order chi connectivity index (χ0) is 9.14. The molecule has 0 aromatic rings. The average Bonchev–Trinajstić information content (AvgIpc) is 2.26. The first-order chi connectivity index (χ1) is 5.59. The van der Waals surface area contributed by atoms with E-state index in [1.54, 1.807) is 0 Å². The fourth-order valence-corrected chi connectivity index (χ4v) is 1.50. The van der Waals surface area contributed by atoms with E-state index >= 15 is 0 Å². The molecule has 1 rings (SSSR count). The van der Waals surface area contributed by atoms with Crippen LogP contribution < -0.4 is 11.1 Å². The lowest BCUT2D eigenvalue weighted by molar-refractivity contribution is -0.120. The zero-order valence-corrected chi connectivity index (χ0v) is 7.17. The Balaban J connectivity index is 2.33. The van der Waals surface area contributed by atoms with Gasteiger partial charge in [0.15, 0.2) is 0 Å². The minimum absolute atomic E-state index is 0.0805. The first kappa shape index (κ1) is 9.03. The third-order valence-corrected chi connectivity index (χ3v) is 2.24. The lowest BCUT2D eigenvalue weighted by atomic mass is 9.99. The molecule has 68 valence electrons. The van der Waals surface area contributed by atoms with Gasteiger partial charge < -0.3 is 11.1 Å². The first-order valence-corrected chi connectivity index (χ1v) is 4.17. The molecule has 0 spiro atoms. The van der Waals surface area contributed by atoms with Crippen molar-refractivity contribution in [2.24, 2.45) is 11.7 Å². The highest BCUT2D eigenvalue weighted by atomic mass is 16.2. The van der Waals surface area contributed by atoms with E-state index in [0.717, 1.165) is 0 Å². The van der Waals surface area contributed by atoms with Crippen LogP contribution >= 0.6 is 0 Å². The third kappa shape index (κ3) is 2.22. The fraction of sp³-hybridized carbons (Fsp3) is 0.750. The molecular formula is C8H14N2O2. The van der Waals surface area contributed by atoms with Gasteiger partial charge in [-0.15, -0.1) is 0 Å². The Labute approximate surface area is 71.5 Å². The Hall–Kier alpha value is -1.06. The minimum Gasteiger partial charge on any atom is -0.370 e. The summed E-state index contributed by atoms with van der Waals surface area (Å²) in [7, 11) is 0. The van der Waals surface area contributed by atoms with Gasteiger partial charge >= 0.3 is 0 Å². The van der Waals surface area contributed by atoms with E-state index in [2.05, 4.69) is 5.32 Å². The van der Waals surface area contributed by atoms with Crippen molar-refractivity contribution in [3.05, 3.63) is 0 Å². The van der Waals surface area contributed by atoms with Crippen LogP contribution in [0.15, 0.2) is 0 Å². The predicted molar refractivity (Wildman–Crippen MR) is 44.1 cm³/mol. The van der Waals surface area contributed by atoms with Gasteiger partial charge in [0.2, 0.25) is 11.8 Å². The van der Waals surface area contributed by atoms with Crippen molar-refractivity contribution >= 4 is 11.8 Å². The number of primary amides is 1. The average molecular weight is 170 g/mol. The molecule has 1 fully saturated rings. The molecule has 0 aromatic heterocycles. The molecule has 3 N–H and O–H groups in total. The van der Waals surface area contributed by atoms with E-state index in [4.69, 9.17) is 5.73 Å². The third-order valence-electron chi connectivity index (χ3n) is 2.24. The topological polar surface area (TPSA) is 72.2 Å². The number of carbonyl (C=O) groups is 2. The van der Waals surface area contributed by atoms with E-state index < -0.39 is 0 Å². The molecule has 4 heteroatoms. The van der Waals surface area contributed by atoms with E-state index in [1.807, 2.05) is 6.92 Å². The van der Waals surface area contributed by atoms with Crippen molar-refractivity contribution in [1.29, 1.82) is 0 Å². The Morgan fingerprint density at radius 3 is 2.83 bits per heavy atom. The highest BCUT2D eigenvalue weighted by Crippen LogP contribution is 2.18. The summed E-state index contributed by atoms with van der Waals surface area (Å²) in [6, 6.07) is 0.144.